The Morgan fingerprint density at radius 1 is 1.00 bits per heavy atom. The Kier molecular flexibility index (Phi) is 7.55. The van der Waals surface area contributed by atoms with E-state index in [-0.39, 0.29) is 12.2 Å². The number of aliphatic hydroxyl groups excluding tert-OH is 1. The van der Waals surface area contributed by atoms with Crippen molar-refractivity contribution < 1.29 is 23.8 Å². The van der Waals surface area contributed by atoms with E-state index in [2.05, 4.69) is 20.6 Å². The van der Waals surface area contributed by atoms with Gasteiger partial charge in [-0.3, -0.25) is 0 Å². The number of aliphatic hydroxyl groups is 2. The van der Waals surface area contributed by atoms with Gasteiger partial charge in [0.2, 0.25) is 0 Å². The highest BCUT2D eigenvalue weighted by Crippen LogP contribution is 2.42. The monoisotopic (exact) mass is 573 g/mol. The van der Waals surface area contributed by atoms with Crippen LogP contribution in [0.1, 0.15) is 62.7 Å². The van der Waals surface area contributed by atoms with Crippen molar-refractivity contribution in [2.24, 2.45) is 0 Å². The van der Waals surface area contributed by atoms with Crippen molar-refractivity contribution in [3.63, 3.8) is 0 Å². The van der Waals surface area contributed by atoms with Crippen LogP contribution in [0.2, 0.25) is 0 Å². The van der Waals surface area contributed by atoms with Gasteiger partial charge in [-0.15, -0.1) is 0 Å². The summed E-state index contributed by atoms with van der Waals surface area (Å²) in [4.78, 5) is 26.8. The zero-order valence-electron chi connectivity index (χ0n) is 24.0. The summed E-state index contributed by atoms with van der Waals surface area (Å²) in [5.74, 6) is -1.75. The molecule has 5 rings (SSSR count). The Hall–Kier alpha value is -4.28. The number of fused-ring (bicyclic) bond motifs is 1. The number of benzene rings is 2. The molecule has 2 heterocycles. The van der Waals surface area contributed by atoms with E-state index in [9.17, 15) is 23.8 Å². The average molecular weight is 574 g/mol. The molecule has 0 saturated carbocycles. The number of halogens is 2. The first-order valence-electron chi connectivity index (χ1n) is 13.6. The molecule has 0 radical (unpaired) electrons. The van der Waals surface area contributed by atoms with E-state index in [1.807, 2.05) is 51.1 Å². The van der Waals surface area contributed by atoms with E-state index in [0.717, 1.165) is 23.3 Å². The highest BCUT2D eigenvalue weighted by Gasteiger charge is 2.40. The summed E-state index contributed by atoms with van der Waals surface area (Å²) in [6.45, 7) is 8.73. The summed E-state index contributed by atoms with van der Waals surface area (Å²) in [6.07, 6.45) is 2.41. The molecule has 0 spiro atoms. The van der Waals surface area contributed by atoms with E-state index < -0.39 is 40.8 Å². The van der Waals surface area contributed by atoms with Gasteiger partial charge < -0.3 is 20.8 Å². The summed E-state index contributed by atoms with van der Waals surface area (Å²) in [5.41, 5.74) is 2.63. The molecule has 8 nitrogen and oxygen atoms in total. The topological polar surface area (TPSA) is 120 Å². The Morgan fingerprint density at radius 2 is 1.64 bits per heavy atom. The van der Waals surface area contributed by atoms with Gasteiger partial charge in [0.05, 0.1) is 29.2 Å². The number of aromatic nitrogens is 3. The molecule has 2 aromatic heterocycles. The minimum atomic E-state index is -1.19. The lowest BCUT2D eigenvalue weighted by Crippen LogP contribution is -2.45. The van der Waals surface area contributed by atoms with E-state index in [0.29, 0.717) is 33.8 Å². The number of nitrogens with one attached hydrogen (secondary N) is 2. The smallest absolute Gasteiger partial charge is 0.319 e. The van der Waals surface area contributed by atoms with Crippen LogP contribution in [-0.4, -0.2) is 37.3 Å². The van der Waals surface area contributed by atoms with Crippen molar-refractivity contribution in [1.82, 2.24) is 20.3 Å². The van der Waals surface area contributed by atoms with Gasteiger partial charge in [0.15, 0.2) is 17.5 Å². The number of amides is 2. The summed E-state index contributed by atoms with van der Waals surface area (Å²) >= 11 is 0. The van der Waals surface area contributed by atoms with Gasteiger partial charge in [0, 0.05) is 23.5 Å². The molecule has 2 atom stereocenters. The quantitative estimate of drug-likeness (QED) is 0.235. The molecule has 42 heavy (non-hydrogen) atoms. The number of hydrogen-bond acceptors (Lipinski definition) is 6. The van der Waals surface area contributed by atoms with Crippen LogP contribution in [0.5, 0.6) is 0 Å². The number of carbonyl (C=O) groups is 1. The van der Waals surface area contributed by atoms with Crippen LogP contribution in [0, 0.1) is 18.6 Å². The maximum atomic E-state index is 14.3. The third kappa shape index (κ3) is 5.73. The highest BCUT2D eigenvalue weighted by atomic mass is 19.2. The standard InChI is InChI=1S/C32H33F2N5O3/c1-17-11-24(37-30(41)39-28-20-12-22(33)23(34)13-21(20)31(2,3)14-25(28)40)27(18-9-7-6-8-10-18)38-26(17)19-15-35-29(36-16-19)32(4,5)42/h6-13,15-16,25,28,40,42H,14H2,1-5H3,(H2,37,39,41)/t25-,28-/m1/s1. The van der Waals surface area contributed by atoms with Crippen LogP contribution in [-0.2, 0) is 11.0 Å². The maximum Gasteiger partial charge on any atom is 0.319 e. The predicted octanol–water partition coefficient (Wildman–Crippen LogP) is 5.92. The highest BCUT2D eigenvalue weighted by molar-refractivity contribution is 5.94. The molecule has 0 saturated heterocycles. The summed E-state index contributed by atoms with van der Waals surface area (Å²) in [5, 5.41) is 26.8. The van der Waals surface area contributed by atoms with Gasteiger partial charge in [-0.1, -0.05) is 44.2 Å². The number of rotatable bonds is 5. The normalized spacial score (nSPS) is 17.8. The lowest BCUT2D eigenvalue weighted by molar-refractivity contribution is 0.0687. The van der Waals surface area contributed by atoms with Crippen molar-refractivity contribution in [2.45, 2.75) is 64.2 Å². The Bertz CT molecular complexity index is 1640. The van der Waals surface area contributed by atoms with Crippen LogP contribution in [0.25, 0.3) is 22.5 Å². The van der Waals surface area contributed by atoms with Crippen molar-refractivity contribution >= 4 is 11.7 Å². The first kappa shape index (κ1) is 29.2. The van der Waals surface area contributed by atoms with Crippen LogP contribution in [0.3, 0.4) is 0 Å². The third-order valence-corrected chi connectivity index (χ3v) is 7.53. The second-order valence-corrected chi connectivity index (χ2v) is 11.9. The van der Waals surface area contributed by atoms with Crippen molar-refractivity contribution in [1.29, 1.82) is 0 Å². The lowest BCUT2D eigenvalue weighted by Gasteiger charge is -2.40. The van der Waals surface area contributed by atoms with Gasteiger partial charge in [0.25, 0.3) is 0 Å². The Morgan fingerprint density at radius 3 is 2.29 bits per heavy atom. The fourth-order valence-electron chi connectivity index (χ4n) is 5.42. The maximum absolute atomic E-state index is 14.3. The zero-order valence-corrected chi connectivity index (χ0v) is 24.0. The minimum absolute atomic E-state index is 0.245. The predicted molar refractivity (Wildman–Crippen MR) is 156 cm³/mol. The molecule has 4 N–H and O–H groups in total. The second kappa shape index (κ2) is 10.8. The molecule has 1 aliphatic carbocycles. The van der Waals surface area contributed by atoms with Crippen LogP contribution in [0.4, 0.5) is 19.3 Å². The lowest BCUT2D eigenvalue weighted by atomic mass is 9.69. The second-order valence-electron chi connectivity index (χ2n) is 11.9. The number of aryl methyl sites for hydroxylation is 1. The number of pyridine rings is 1. The number of carbonyl (C=O) groups excluding carboxylic acids is 1. The molecule has 2 amide bonds. The molecule has 0 unspecified atom stereocenters. The number of urea groups is 1. The molecule has 218 valence electrons. The van der Waals surface area contributed by atoms with Gasteiger partial charge in [0.1, 0.15) is 5.60 Å². The fourth-order valence-corrected chi connectivity index (χ4v) is 5.42. The van der Waals surface area contributed by atoms with Crippen LogP contribution < -0.4 is 10.6 Å². The Balaban J connectivity index is 1.49. The minimum Gasteiger partial charge on any atom is -0.391 e. The number of nitrogens with zero attached hydrogens (tertiary/aromatic N) is 3. The molecule has 0 fully saturated rings. The van der Waals surface area contributed by atoms with Crippen molar-refractivity contribution in [3.8, 4) is 22.5 Å². The zero-order chi connectivity index (χ0) is 30.4. The van der Waals surface area contributed by atoms with Crippen molar-refractivity contribution in [3.05, 3.63) is 95.1 Å². The summed E-state index contributed by atoms with van der Waals surface area (Å²) in [7, 11) is 0. The SMILES string of the molecule is Cc1cc(NC(=O)N[C@@H]2c3cc(F)c(F)cc3C(C)(C)C[C@H]2O)c(-c2ccccc2)nc1-c1cnc(C(C)(C)O)nc1. The molecule has 1 aliphatic rings. The number of anilines is 1. The first-order valence-corrected chi connectivity index (χ1v) is 13.6. The van der Waals surface area contributed by atoms with E-state index in [4.69, 9.17) is 4.98 Å². The molecule has 0 aliphatic heterocycles. The van der Waals surface area contributed by atoms with Gasteiger partial charge in [-0.2, -0.15) is 0 Å². The fraction of sp³-hybridized carbons (Fsp3) is 0.312. The summed E-state index contributed by atoms with van der Waals surface area (Å²) < 4.78 is 28.4. The molecular formula is C32H33F2N5O3. The largest absolute Gasteiger partial charge is 0.391 e. The van der Waals surface area contributed by atoms with Gasteiger partial charge in [-0.05, 0) is 67.5 Å². The van der Waals surface area contributed by atoms with Crippen LogP contribution >= 0.6 is 0 Å². The molecule has 4 aromatic rings. The van der Waals surface area contributed by atoms with Gasteiger partial charge in [-0.25, -0.2) is 28.5 Å². The van der Waals surface area contributed by atoms with E-state index in [1.165, 1.54) is 0 Å². The Labute approximate surface area is 242 Å². The van der Waals surface area contributed by atoms with E-state index >= 15 is 0 Å². The summed E-state index contributed by atoms with van der Waals surface area (Å²) in [6, 6.07) is 11.7. The van der Waals surface area contributed by atoms with Crippen LogP contribution in [0.15, 0.2) is 60.9 Å². The average Bonchev–Trinajstić information content (AvgIpc) is 2.92. The molecule has 10 heteroatoms. The molecular weight excluding hydrogens is 540 g/mol. The van der Waals surface area contributed by atoms with Gasteiger partial charge >= 0.3 is 6.03 Å². The molecule has 2 aromatic carbocycles. The van der Waals surface area contributed by atoms with E-state index in [1.54, 1.807) is 32.3 Å². The number of hydrogen-bond donors (Lipinski definition) is 4. The third-order valence-electron chi connectivity index (χ3n) is 7.53. The molecule has 0 bridgehead atoms. The van der Waals surface area contributed by atoms with Crippen molar-refractivity contribution in [2.75, 3.05) is 5.32 Å². The first-order chi connectivity index (χ1) is 19.7.